The fourth-order valence-corrected chi connectivity index (χ4v) is 2.28. The maximum atomic E-state index is 12.2. The first-order valence-electron chi connectivity index (χ1n) is 8.84. The molecule has 1 amide bonds. The molecule has 150 valence electrons. The van der Waals surface area contributed by atoms with Gasteiger partial charge >= 0.3 is 5.97 Å². The molecular weight excluding hydrogens is 362 g/mol. The van der Waals surface area contributed by atoms with Crippen LogP contribution in [-0.2, 0) is 9.53 Å². The maximum Gasteiger partial charge on any atom is 0.338 e. The topological polar surface area (TPSA) is 83.1 Å². The molecule has 0 atom stereocenters. The molecule has 28 heavy (non-hydrogen) atoms. The monoisotopic (exact) mass is 387 g/mol. The van der Waals surface area contributed by atoms with Crippen molar-refractivity contribution in [3.8, 4) is 17.2 Å². The highest BCUT2D eigenvalue weighted by Gasteiger charge is 2.14. The molecule has 0 unspecified atom stereocenters. The van der Waals surface area contributed by atoms with E-state index in [4.69, 9.17) is 18.9 Å². The number of hydrogen-bond donors (Lipinski definition) is 1. The summed E-state index contributed by atoms with van der Waals surface area (Å²) in [6.45, 7) is 4.19. The zero-order valence-corrected chi connectivity index (χ0v) is 16.5. The van der Waals surface area contributed by atoms with Crippen LogP contribution in [-0.4, -0.2) is 39.3 Å². The summed E-state index contributed by atoms with van der Waals surface area (Å²) >= 11 is 0. The Morgan fingerprint density at radius 2 is 1.79 bits per heavy atom. The molecule has 0 bridgehead atoms. The van der Waals surface area contributed by atoms with Gasteiger partial charge < -0.3 is 24.3 Å². The van der Waals surface area contributed by atoms with Crippen LogP contribution in [0.25, 0.3) is 0 Å². The molecule has 2 rings (SSSR count). The van der Waals surface area contributed by atoms with E-state index in [2.05, 4.69) is 5.32 Å². The lowest BCUT2D eigenvalue weighted by Crippen LogP contribution is -2.21. The molecule has 0 aliphatic heterocycles. The number of benzene rings is 2. The average Bonchev–Trinajstić information content (AvgIpc) is 2.70. The summed E-state index contributed by atoms with van der Waals surface area (Å²) in [6.07, 6.45) is 0. The minimum absolute atomic E-state index is 0.267. The Kier molecular flexibility index (Phi) is 7.68. The van der Waals surface area contributed by atoms with Crippen LogP contribution in [0.5, 0.6) is 17.2 Å². The Morgan fingerprint density at radius 3 is 2.46 bits per heavy atom. The van der Waals surface area contributed by atoms with Gasteiger partial charge in [-0.3, -0.25) is 4.79 Å². The number of carbonyl (C=O) groups excluding carboxylic acids is 2. The minimum atomic E-state index is -0.630. The van der Waals surface area contributed by atoms with E-state index in [1.807, 2.05) is 13.8 Å². The molecule has 0 radical (unpaired) electrons. The second-order valence-corrected chi connectivity index (χ2v) is 6.43. The Morgan fingerprint density at radius 1 is 1.00 bits per heavy atom. The third-order valence-corrected chi connectivity index (χ3v) is 3.66. The summed E-state index contributed by atoms with van der Waals surface area (Å²) in [5.41, 5.74) is 0.816. The van der Waals surface area contributed by atoms with Crippen LogP contribution >= 0.6 is 0 Å². The highest BCUT2D eigenvalue weighted by molar-refractivity contribution is 5.95. The Labute approximate surface area is 164 Å². The van der Waals surface area contributed by atoms with Gasteiger partial charge in [0, 0.05) is 11.8 Å². The second kappa shape index (κ2) is 10.2. The largest absolute Gasteiger partial charge is 0.497 e. The maximum absolute atomic E-state index is 12.2. The normalized spacial score (nSPS) is 10.3. The molecule has 0 saturated carbocycles. The van der Waals surface area contributed by atoms with Gasteiger partial charge in [0.2, 0.25) is 0 Å². The van der Waals surface area contributed by atoms with E-state index in [0.717, 1.165) is 0 Å². The van der Waals surface area contributed by atoms with Crippen molar-refractivity contribution >= 4 is 17.6 Å². The summed E-state index contributed by atoms with van der Waals surface area (Å²) in [4.78, 5) is 24.2. The molecule has 1 N–H and O–H groups in total. The van der Waals surface area contributed by atoms with E-state index >= 15 is 0 Å². The van der Waals surface area contributed by atoms with E-state index in [0.29, 0.717) is 35.5 Å². The predicted molar refractivity (Wildman–Crippen MR) is 105 cm³/mol. The van der Waals surface area contributed by atoms with E-state index in [1.54, 1.807) is 36.4 Å². The van der Waals surface area contributed by atoms with Crippen molar-refractivity contribution < 1.29 is 28.5 Å². The summed E-state index contributed by atoms with van der Waals surface area (Å²) < 4.78 is 21.1. The molecule has 0 saturated heterocycles. The molecule has 0 spiro atoms. The number of carbonyl (C=O) groups is 2. The first-order valence-corrected chi connectivity index (χ1v) is 8.84. The molecule has 7 nitrogen and oxygen atoms in total. The lowest BCUT2D eigenvalue weighted by molar-refractivity contribution is -0.119. The number of rotatable bonds is 9. The van der Waals surface area contributed by atoms with Crippen LogP contribution in [0.3, 0.4) is 0 Å². The van der Waals surface area contributed by atoms with Gasteiger partial charge in [-0.15, -0.1) is 0 Å². The Balaban J connectivity index is 1.93. The number of amides is 1. The van der Waals surface area contributed by atoms with E-state index < -0.39 is 18.5 Å². The molecule has 0 aliphatic carbocycles. The van der Waals surface area contributed by atoms with E-state index in [9.17, 15) is 9.59 Å². The standard InChI is InChI=1S/C21H25NO6/c1-14(2)12-27-18-9-8-15(10-19(18)26-4)21(24)28-13-20(23)22-16-6-5-7-17(11-16)25-3/h5-11,14H,12-13H2,1-4H3,(H,22,23). The summed E-state index contributed by atoms with van der Waals surface area (Å²) in [5.74, 6) is 0.860. The number of ether oxygens (including phenoxy) is 4. The van der Waals surface area contributed by atoms with Crippen molar-refractivity contribution in [1.29, 1.82) is 0 Å². The third-order valence-electron chi connectivity index (χ3n) is 3.66. The van der Waals surface area contributed by atoms with Crippen LogP contribution in [0, 0.1) is 5.92 Å². The zero-order valence-electron chi connectivity index (χ0n) is 16.5. The summed E-state index contributed by atoms with van der Waals surface area (Å²) in [6, 6.07) is 11.6. The van der Waals surface area contributed by atoms with Crippen LogP contribution < -0.4 is 19.5 Å². The van der Waals surface area contributed by atoms with Crippen LogP contribution in [0.2, 0.25) is 0 Å². The molecule has 0 fully saturated rings. The van der Waals surface area contributed by atoms with Gasteiger partial charge in [-0.25, -0.2) is 4.79 Å². The van der Waals surface area contributed by atoms with Gasteiger partial charge in [0.25, 0.3) is 5.91 Å². The highest BCUT2D eigenvalue weighted by atomic mass is 16.5. The van der Waals surface area contributed by atoms with Crippen molar-refractivity contribution in [3.05, 3.63) is 48.0 Å². The average molecular weight is 387 g/mol. The van der Waals surface area contributed by atoms with Crippen molar-refractivity contribution in [2.24, 2.45) is 5.92 Å². The predicted octanol–water partition coefficient (Wildman–Crippen LogP) is 3.53. The SMILES string of the molecule is COc1cccc(NC(=O)COC(=O)c2ccc(OCC(C)C)c(OC)c2)c1. The van der Waals surface area contributed by atoms with Crippen LogP contribution in [0.1, 0.15) is 24.2 Å². The van der Waals surface area contributed by atoms with Crippen LogP contribution in [0.4, 0.5) is 5.69 Å². The van der Waals surface area contributed by atoms with E-state index in [1.165, 1.54) is 20.3 Å². The van der Waals surface area contributed by atoms with Gasteiger partial charge in [0.05, 0.1) is 26.4 Å². The van der Waals surface area contributed by atoms with Gasteiger partial charge in [0.15, 0.2) is 18.1 Å². The molecule has 0 aliphatic rings. The molecule has 0 heterocycles. The Hall–Kier alpha value is -3.22. The fraction of sp³-hybridized carbons (Fsp3) is 0.333. The third kappa shape index (κ3) is 6.19. The smallest absolute Gasteiger partial charge is 0.338 e. The number of esters is 1. The van der Waals surface area contributed by atoms with Crippen molar-refractivity contribution in [2.75, 3.05) is 32.8 Å². The highest BCUT2D eigenvalue weighted by Crippen LogP contribution is 2.28. The summed E-state index contributed by atoms with van der Waals surface area (Å²) in [5, 5.41) is 2.64. The first-order chi connectivity index (χ1) is 13.4. The lowest BCUT2D eigenvalue weighted by Gasteiger charge is -2.13. The molecule has 2 aromatic carbocycles. The van der Waals surface area contributed by atoms with Gasteiger partial charge in [-0.1, -0.05) is 19.9 Å². The minimum Gasteiger partial charge on any atom is -0.497 e. The zero-order chi connectivity index (χ0) is 20.5. The van der Waals surface area contributed by atoms with E-state index in [-0.39, 0.29) is 5.56 Å². The number of anilines is 1. The van der Waals surface area contributed by atoms with Gasteiger partial charge in [-0.2, -0.15) is 0 Å². The van der Waals surface area contributed by atoms with Gasteiger partial charge in [0.1, 0.15) is 5.75 Å². The number of hydrogen-bond acceptors (Lipinski definition) is 6. The number of nitrogens with one attached hydrogen (secondary N) is 1. The molecule has 2 aromatic rings. The fourth-order valence-electron chi connectivity index (χ4n) is 2.28. The molecule has 0 aromatic heterocycles. The summed E-state index contributed by atoms with van der Waals surface area (Å²) in [7, 11) is 3.03. The van der Waals surface area contributed by atoms with Crippen molar-refractivity contribution in [2.45, 2.75) is 13.8 Å². The quantitative estimate of drug-likeness (QED) is 0.663. The van der Waals surface area contributed by atoms with Crippen molar-refractivity contribution in [1.82, 2.24) is 0 Å². The van der Waals surface area contributed by atoms with Crippen molar-refractivity contribution in [3.63, 3.8) is 0 Å². The lowest BCUT2D eigenvalue weighted by atomic mass is 10.2. The van der Waals surface area contributed by atoms with Gasteiger partial charge in [-0.05, 0) is 36.2 Å². The second-order valence-electron chi connectivity index (χ2n) is 6.43. The Bertz CT molecular complexity index is 818. The molecule has 7 heteroatoms. The van der Waals surface area contributed by atoms with Crippen LogP contribution in [0.15, 0.2) is 42.5 Å². The first kappa shape index (κ1) is 21.1. The number of methoxy groups -OCH3 is 2. The molecular formula is C21H25NO6.